The van der Waals surface area contributed by atoms with Crippen molar-refractivity contribution in [3.05, 3.63) is 52.5 Å². The summed E-state index contributed by atoms with van der Waals surface area (Å²) in [5.74, 6) is 1.54. The van der Waals surface area contributed by atoms with Crippen LogP contribution in [0.5, 0.6) is 11.5 Å². The fraction of sp³-hybridized carbons (Fsp3) is 0.143. The second-order valence-electron chi connectivity index (χ2n) is 4.23. The maximum Gasteiger partial charge on any atom is 0.175 e. The standard InChI is InChI=1S/C14H12BrClO3S/c1-20(17,18)13-5-3-12(4-6-13)19-14-7-2-11(15)8-10(14)9-16/h2-8H,9H2,1H3. The van der Waals surface area contributed by atoms with Crippen molar-refractivity contribution in [3.8, 4) is 11.5 Å². The van der Waals surface area contributed by atoms with Crippen molar-refractivity contribution >= 4 is 37.4 Å². The number of ether oxygens (including phenoxy) is 1. The van der Waals surface area contributed by atoms with Crippen LogP contribution in [0.25, 0.3) is 0 Å². The van der Waals surface area contributed by atoms with Crippen molar-refractivity contribution in [2.24, 2.45) is 0 Å². The number of rotatable bonds is 4. The van der Waals surface area contributed by atoms with Gasteiger partial charge in [-0.1, -0.05) is 15.9 Å². The molecule has 2 rings (SSSR count). The van der Waals surface area contributed by atoms with Gasteiger partial charge in [0.1, 0.15) is 11.5 Å². The van der Waals surface area contributed by atoms with Crippen LogP contribution >= 0.6 is 27.5 Å². The van der Waals surface area contributed by atoms with Gasteiger partial charge in [-0.15, -0.1) is 11.6 Å². The second-order valence-corrected chi connectivity index (χ2v) is 7.43. The van der Waals surface area contributed by atoms with Gasteiger partial charge in [0.25, 0.3) is 0 Å². The summed E-state index contributed by atoms with van der Waals surface area (Å²) in [6, 6.07) is 11.8. The average Bonchev–Trinajstić information content (AvgIpc) is 2.40. The zero-order chi connectivity index (χ0) is 14.8. The molecule has 0 radical (unpaired) electrons. The van der Waals surface area contributed by atoms with E-state index in [9.17, 15) is 8.42 Å². The molecule has 0 unspecified atom stereocenters. The normalized spacial score (nSPS) is 11.3. The largest absolute Gasteiger partial charge is 0.457 e. The average molecular weight is 376 g/mol. The van der Waals surface area contributed by atoms with Crippen LogP contribution in [-0.2, 0) is 15.7 Å². The molecule has 0 spiro atoms. The molecular weight excluding hydrogens is 364 g/mol. The van der Waals surface area contributed by atoms with Crippen molar-refractivity contribution < 1.29 is 13.2 Å². The maximum atomic E-state index is 11.4. The number of sulfone groups is 1. The van der Waals surface area contributed by atoms with Gasteiger partial charge in [-0.2, -0.15) is 0 Å². The molecule has 0 atom stereocenters. The summed E-state index contributed by atoms with van der Waals surface area (Å²) in [5.41, 5.74) is 0.855. The summed E-state index contributed by atoms with van der Waals surface area (Å²) in [7, 11) is -3.19. The second kappa shape index (κ2) is 6.16. The fourth-order valence-electron chi connectivity index (χ4n) is 1.63. The van der Waals surface area contributed by atoms with Crippen LogP contribution in [0.2, 0.25) is 0 Å². The highest BCUT2D eigenvalue weighted by Crippen LogP contribution is 2.29. The van der Waals surface area contributed by atoms with Gasteiger partial charge in [-0.05, 0) is 42.5 Å². The van der Waals surface area contributed by atoms with E-state index in [0.29, 0.717) is 17.4 Å². The molecule has 106 valence electrons. The van der Waals surface area contributed by atoms with Gasteiger partial charge in [0, 0.05) is 16.3 Å². The molecule has 20 heavy (non-hydrogen) atoms. The molecule has 0 aliphatic rings. The minimum Gasteiger partial charge on any atom is -0.457 e. The first kappa shape index (κ1) is 15.4. The maximum absolute atomic E-state index is 11.4. The third kappa shape index (κ3) is 3.75. The Bertz CT molecular complexity index is 712. The lowest BCUT2D eigenvalue weighted by Crippen LogP contribution is -1.96. The number of hydrogen-bond donors (Lipinski definition) is 0. The van der Waals surface area contributed by atoms with Gasteiger partial charge >= 0.3 is 0 Å². The number of alkyl halides is 1. The van der Waals surface area contributed by atoms with E-state index in [0.717, 1.165) is 10.0 Å². The van der Waals surface area contributed by atoms with Crippen LogP contribution in [0.1, 0.15) is 5.56 Å². The van der Waals surface area contributed by atoms with E-state index in [1.54, 1.807) is 12.1 Å². The van der Waals surface area contributed by atoms with E-state index in [1.165, 1.54) is 18.4 Å². The predicted octanol–water partition coefficient (Wildman–Crippen LogP) is 4.38. The van der Waals surface area contributed by atoms with Gasteiger partial charge in [0.15, 0.2) is 9.84 Å². The monoisotopic (exact) mass is 374 g/mol. The molecule has 0 saturated heterocycles. The molecule has 6 heteroatoms. The molecule has 2 aromatic rings. The van der Waals surface area contributed by atoms with E-state index in [2.05, 4.69) is 15.9 Å². The first-order chi connectivity index (χ1) is 9.40. The Morgan fingerprint density at radius 2 is 1.80 bits per heavy atom. The first-order valence-electron chi connectivity index (χ1n) is 5.72. The molecule has 0 bridgehead atoms. The number of benzene rings is 2. The van der Waals surface area contributed by atoms with Crippen LogP contribution in [0, 0.1) is 0 Å². The van der Waals surface area contributed by atoms with Crippen LogP contribution < -0.4 is 4.74 Å². The Hall–Kier alpha value is -1.04. The summed E-state index contributed by atoms with van der Waals surface area (Å²) in [5, 5.41) is 0. The summed E-state index contributed by atoms with van der Waals surface area (Å²) < 4.78 is 29.4. The van der Waals surface area contributed by atoms with Crippen molar-refractivity contribution in [1.29, 1.82) is 0 Å². The molecule has 0 fully saturated rings. The Kier molecular flexibility index (Phi) is 4.73. The minimum absolute atomic E-state index is 0.262. The molecule has 0 saturated carbocycles. The summed E-state index contributed by atoms with van der Waals surface area (Å²) in [6.45, 7) is 0. The zero-order valence-corrected chi connectivity index (χ0v) is 13.8. The summed E-state index contributed by atoms with van der Waals surface area (Å²) in [4.78, 5) is 0.262. The Labute approximate surface area is 131 Å². The zero-order valence-electron chi connectivity index (χ0n) is 10.6. The topological polar surface area (TPSA) is 43.4 Å². The van der Waals surface area contributed by atoms with Gasteiger partial charge in [-0.3, -0.25) is 0 Å². The lowest BCUT2D eigenvalue weighted by atomic mass is 10.2. The fourth-order valence-corrected chi connectivity index (χ4v) is 2.88. The molecule has 0 aliphatic carbocycles. The molecule has 2 aromatic carbocycles. The van der Waals surface area contributed by atoms with E-state index in [-0.39, 0.29) is 4.90 Å². The highest BCUT2D eigenvalue weighted by molar-refractivity contribution is 9.10. The van der Waals surface area contributed by atoms with Crippen LogP contribution in [-0.4, -0.2) is 14.7 Å². The van der Waals surface area contributed by atoms with Crippen LogP contribution in [0.3, 0.4) is 0 Å². The molecule has 0 aliphatic heterocycles. The number of hydrogen-bond acceptors (Lipinski definition) is 3. The van der Waals surface area contributed by atoms with Gasteiger partial charge in [0.2, 0.25) is 0 Å². The lowest BCUT2D eigenvalue weighted by Gasteiger charge is -2.10. The van der Waals surface area contributed by atoms with E-state index in [1.807, 2.05) is 18.2 Å². The van der Waals surface area contributed by atoms with Crippen molar-refractivity contribution in [2.45, 2.75) is 10.8 Å². The van der Waals surface area contributed by atoms with Crippen molar-refractivity contribution in [2.75, 3.05) is 6.26 Å². The third-order valence-corrected chi connectivity index (χ3v) is 4.56. The van der Waals surface area contributed by atoms with Crippen LogP contribution in [0.15, 0.2) is 51.8 Å². The molecule has 0 heterocycles. The highest BCUT2D eigenvalue weighted by Gasteiger charge is 2.08. The predicted molar refractivity (Wildman–Crippen MR) is 83.3 cm³/mol. The van der Waals surface area contributed by atoms with Gasteiger partial charge < -0.3 is 4.74 Å². The van der Waals surface area contributed by atoms with E-state index in [4.69, 9.17) is 16.3 Å². The summed E-state index contributed by atoms with van der Waals surface area (Å²) in [6.07, 6.45) is 1.17. The summed E-state index contributed by atoms with van der Waals surface area (Å²) >= 11 is 9.25. The van der Waals surface area contributed by atoms with Crippen molar-refractivity contribution in [1.82, 2.24) is 0 Å². The molecule has 0 N–H and O–H groups in total. The molecule has 3 nitrogen and oxygen atoms in total. The number of halogens is 2. The third-order valence-electron chi connectivity index (χ3n) is 2.65. The van der Waals surface area contributed by atoms with Crippen LogP contribution in [0.4, 0.5) is 0 Å². The molecule has 0 aromatic heterocycles. The van der Waals surface area contributed by atoms with E-state index < -0.39 is 9.84 Å². The molecule has 0 amide bonds. The van der Waals surface area contributed by atoms with Crippen molar-refractivity contribution in [3.63, 3.8) is 0 Å². The SMILES string of the molecule is CS(=O)(=O)c1ccc(Oc2ccc(Br)cc2CCl)cc1. The minimum atomic E-state index is -3.19. The first-order valence-corrected chi connectivity index (χ1v) is 8.94. The highest BCUT2D eigenvalue weighted by atomic mass is 79.9. The smallest absolute Gasteiger partial charge is 0.175 e. The Balaban J connectivity index is 2.27. The Morgan fingerprint density at radius 3 is 2.35 bits per heavy atom. The van der Waals surface area contributed by atoms with Gasteiger partial charge in [0.05, 0.1) is 10.8 Å². The van der Waals surface area contributed by atoms with Gasteiger partial charge in [-0.25, -0.2) is 8.42 Å². The quantitative estimate of drug-likeness (QED) is 0.745. The van der Waals surface area contributed by atoms with E-state index >= 15 is 0 Å². The lowest BCUT2D eigenvalue weighted by molar-refractivity contribution is 0.477. The Morgan fingerprint density at radius 1 is 1.15 bits per heavy atom. The molecular formula is C14H12BrClO3S.